The van der Waals surface area contributed by atoms with Crippen LogP contribution in [-0.2, 0) is 4.57 Å². The Hall–Kier alpha value is -2.77. The summed E-state index contributed by atoms with van der Waals surface area (Å²) in [5, 5.41) is 3.34. The Balaban J connectivity index is 2.00. The van der Waals surface area contributed by atoms with Gasteiger partial charge in [0.25, 0.3) is 0 Å². The van der Waals surface area contributed by atoms with Gasteiger partial charge >= 0.3 is 0 Å². The third kappa shape index (κ3) is 2.44. The smallest absolute Gasteiger partial charge is 0.171 e. The van der Waals surface area contributed by atoms with Gasteiger partial charge in [-0.15, -0.1) is 0 Å². The Morgan fingerprint density at radius 3 is 1.96 bits per heavy atom. The summed E-state index contributed by atoms with van der Waals surface area (Å²) in [5.41, 5.74) is 0.849. The monoisotopic (exact) mass is 330 g/mol. The maximum absolute atomic E-state index is 14.2. The highest BCUT2D eigenvalue weighted by Gasteiger charge is 2.29. The molecule has 0 aliphatic rings. The minimum atomic E-state index is -2.94. The maximum atomic E-state index is 14.2. The van der Waals surface area contributed by atoms with E-state index in [0.29, 0.717) is 0 Å². The first kappa shape index (κ1) is 14.8. The number of rotatable bonds is 3. The van der Waals surface area contributed by atoms with Crippen LogP contribution < -0.4 is 15.9 Å². The Labute approximate surface area is 140 Å². The third-order valence-electron chi connectivity index (χ3n) is 4.09. The van der Waals surface area contributed by atoms with Crippen molar-refractivity contribution in [1.82, 2.24) is 9.97 Å². The molecular weight excluding hydrogens is 315 g/mol. The largest absolute Gasteiger partial charge is 0.309 e. The lowest BCUT2D eigenvalue weighted by Crippen LogP contribution is -2.24. The van der Waals surface area contributed by atoms with Crippen molar-refractivity contribution < 1.29 is 4.57 Å². The number of fused-ring (bicyclic) bond motifs is 1. The summed E-state index contributed by atoms with van der Waals surface area (Å²) < 4.78 is 14.2. The fourth-order valence-corrected chi connectivity index (χ4v) is 5.57. The van der Waals surface area contributed by atoms with Gasteiger partial charge in [0, 0.05) is 27.5 Å². The van der Waals surface area contributed by atoms with Gasteiger partial charge < -0.3 is 4.57 Å². The molecule has 3 aromatic carbocycles. The van der Waals surface area contributed by atoms with Gasteiger partial charge in [-0.3, -0.25) is 0 Å². The summed E-state index contributed by atoms with van der Waals surface area (Å²) in [7, 11) is -2.94. The topological polar surface area (TPSA) is 42.9 Å². The molecule has 0 aliphatic carbocycles. The molecule has 0 unspecified atom stereocenters. The van der Waals surface area contributed by atoms with Crippen LogP contribution in [0.4, 0.5) is 0 Å². The van der Waals surface area contributed by atoms with Crippen LogP contribution in [0.2, 0.25) is 0 Å². The SMILES string of the molecule is O=P(c1ccccc1)(c1ccccc1)c1ccc2ncncc2c1. The van der Waals surface area contributed by atoms with Crippen molar-refractivity contribution in [3.8, 4) is 0 Å². The van der Waals surface area contributed by atoms with Crippen molar-refractivity contribution in [3.05, 3.63) is 91.4 Å². The quantitative estimate of drug-likeness (QED) is 0.542. The first-order chi connectivity index (χ1) is 11.8. The standard InChI is InChI=1S/C20H15N2OP/c23-24(17-7-3-1-4-8-17,18-9-5-2-6-10-18)19-11-12-20-16(13-19)14-21-15-22-20/h1-15H. The molecular formula is C20H15N2OP. The molecule has 0 radical (unpaired) electrons. The molecule has 1 aromatic heterocycles. The highest BCUT2D eigenvalue weighted by atomic mass is 31.2. The van der Waals surface area contributed by atoms with Gasteiger partial charge in [0.1, 0.15) is 6.33 Å². The van der Waals surface area contributed by atoms with E-state index in [1.807, 2.05) is 78.9 Å². The summed E-state index contributed by atoms with van der Waals surface area (Å²) in [6.07, 6.45) is 3.28. The van der Waals surface area contributed by atoms with Crippen molar-refractivity contribution in [2.45, 2.75) is 0 Å². The molecule has 0 amide bonds. The van der Waals surface area contributed by atoms with Crippen LogP contribution in [0.5, 0.6) is 0 Å². The second kappa shape index (κ2) is 6.03. The van der Waals surface area contributed by atoms with Crippen LogP contribution in [-0.4, -0.2) is 9.97 Å². The van der Waals surface area contributed by atoms with Gasteiger partial charge in [-0.2, -0.15) is 0 Å². The molecule has 24 heavy (non-hydrogen) atoms. The average molecular weight is 330 g/mol. The van der Waals surface area contributed by atoms with Crippen LogP contribution in [0.1, 0.15) is 0 Å². The number of aromatic nitrogens is 2. The van der Waals surface area contributed by atoms with Crippen molar-refractivity contribution in [1.29, 1.82) is 0 Å². The molecule has 4 aromatic rings. The molecule has 116 valence electrons. The van der Waals surface area contributed by atoms with E-state index in [4.69, 9.17) is 0 Å². The fourth-order valence-electron chi connectivity index (χ4n) is 2.89. The lowest BCUT2D eigenvalue weighted by Gasteiger charge is -2.20. The zero-order valence-corrected chi connectivity index (χ0v) is 13.8. The first-order valence-corrected chi connectivity index (χ1v) is 9.41. The van der Waals surface area contributed by atoms with E-state index in [9.17, 15) is 4.57 Å². The number of nitrogens with zero attached hydrogens (tertiary/aromatic N) is 2. The van der Waals surface area contributed by atoms with Gasteiger partial charge in [0.05, 0.1) is 5.52 Å². The lowest BCUT2D eigenvalue weighted by atomic mass is 10.2. The molecule has 0 fully saturated rings. The second-order valence-corrected chi connectivity index (χ2v) is 8.31. The third-order valence-corrected chi connectivity index (χ3v) is 7.15. The molecule has 0 N–H and O–H groups in total. The highest BCUT2D eigenvalue weighted by molar-refractivity contribution is 7.85. The van der Waals surface area contributed by atoms with E-state index in [0.717, 1.165) is 26.8 Å². The molecule has 0 saturated carbocycles. The summed E-state index contributed by atoms with van der Waals surface area (Å²) in [6.45, 7) is 0. The van der Waals surface area contributed by atoms with E-state index < -0.39 is 7.14 Å². The summed E-state index contributed by atoms with van der Waals surface area (Å²) in [6, 6.07) is 25.1. The molecule has 1 heterocycles. The van der Waals surface area contributed by atoms with Crippen molar-refractivity contribution in [3.63, 3.8) is 0 Å². The highest BCUT2D eigenvalue weighted by Crippen LogP contribution is 2.42. The van der Waals surface area contributed by atoms with Crippen LogP contribution in [0.25, 0.3) is 10.9 Å². The first-order valence-electron chi connectivity index (χ1n) is 7.70. The van der Waals surface area contributed by atoms with Gasteiger partial charge in [-0.25, -0.2) is 9.97 Å². The van der Waals surface area contributed by atoms with Gasteiger partial charge in [0.2, 0.25) is 0 Å². The van der Waals surface area contributed by atoms with Crippen LogP contribution in [0.15, 0.2) is 91.4 Å². The van der Waals surface area contributed by atoms with Crippen molar-refractivity contribution >= 4 is 34.0 Å². The van der Waals surface area contributed by atoms with Gasteiger partial charge in [0.15, 0.2) is 7.14 Å². The zero-order valence-electron chi connectivity index (χ0n) is 12.9. The Kier molecular flexibility index (Phi) is 3.72. The predicted octanol–water partition coefficient (Wildman–Crippen LogP) is 3.27. The summed E-state index contributed by atoms with van der Waals surface area (Å²) in [5.74, 6) is 0. The molecule has 0 bridgehead atoms. The maximum Gasteiger partial charge on any atom is 0.171 e. The average Bonchev–Trinajstić information content (AvgIpc) is 2.68. The van der Waals surface area contributed by atoms with Crippen LogP contribution in [0.3, 0.4) is 0 Å². The van der Waals surface area contributed by atoms with Gasteiger partial charge in [-0.05, 0) is 18.2 Å². The fraction of sp³-hybridized carbons (Fsp3) is 0. The Morgan fingerprint density at radius 2 is 1.33 bits per heavy atom. The molecule has 0 atom stereocenters. The summed E-state index contributed by atoms with van der Waals surface area (Å²) >= 11 is 0. The van der Waals surface area contributed by atoms with Crippen LogP contribution in [0, 0.1) is 0 Å². The van der Waals surface area contributed by atoms with Crippen molar-refractivity contribution in [2.24, 2.45) is 0 Å². The molecule has 4 heteroatoms. The zero-order chi connectivity index (χ0) is 16.4. The number of hydrogen-bond donors (Lipinski definition) is 0. The number of hydrogen-bond acceptors (Lipinski definition) is 3. The Bertz CT molecular complexity index is 989. The van der Waals surface area contributed by atoms with Crippen LogP contribution >= 0.6 is 7.14 Å². The normalized spacial score (nSPS) is 11.5. The van der Waals surface area contributed by atoms with Gasteiger partial charge in [-0.1, -0.05) is 60.7 Å². The molecule has 0 saturated heterocycles. The lowest BCUT2D eigenvalue weighted by molar-refractivity contribution is 0.592. The predicted molar refractivity (Wildman–Crippen MR) is 98.9 cm³/mol. The van der Waals surface area contributed by atoms with E-state index in [1.54, 1.807) is 6.20 Å². The molecule has 0 spiro atoms. The molecule has 0 aliphatic heterocycles. The molecule has 3 nitrogen and oxygen atoms in total. The molecule has 4 rings (SSSR count). The van der Waals surface area contributed by atoms with Crippen molar-refractivity contribution in [2.75, 3.05) is 0 Å². The Morgan fingerprint density at radius 1 is 0.708 bits per heavy atom. The van der Waals surface area contributed by atoms with E-state index >= 15 is 0 Å². The minimum Gasteiger partial charge on any atom is -0.309 e. The van der Waals surface area contributed by atoms with E-state index in [1.165, 1.54) is 6.33 Å². The summed E-state index contributed by atoms with van der Waals surface area (Å²) in [4.78, 5) is 8.33. The van der Waals surface area contributed by atoms with E-state index in [2.05, 4.69) is 9.97 Å². The van der Waals surface area contributed by atoms with E-state index in [-0.39, 0.29) is 0 Å². The number of benzene rings is 3. The second-order valence-electron chi connectivity index (χ2n) is 5.55. The minimum absolute atomic E-state index is 0.794.